The molecule has 4 nitrogen and oxygen atoms in total. The zero-order valence-electron chi connectivity index (χ0n) is 8.34. The largest absolute Gasteiger partial charge is 0.462 e. The minimum atomic E-state index is -2.83. The van der Waals surface area contributed by atoms with Gasteiger partial charge in [-0.05, 0) is 22.9 Å². The van der Waals surface area contributed by atoms with Crippen LogP contribution in [0.25, 0.3) is 0 Å². The summed E-state index contributed by atoms with van der Waals surface area (Å²) in [4.78, 5) is 15.1. The quantitative estimate of drug-likeness (QED) is 0.687. The summed E-state index contributed by atoms with van der Waals surface area (Å²) < 4.78 is 30.0. The normalized spacial score (nSPS) is 10.6. The van der Waals surface area contributed by atoms with Crippen LogP contribution in [0.5, 0.6) is 0 Å². The van der Waals surface area contributed by atoms with Gasteiger partial charge < -0.3 is 10.5 Å². The minimum Gasteiger partial charge on any atom is -0.462 e. The Labute approximate surface area is 98.9 Å². The zero-order valence-corrected chi connectivity index (χ0v) is 9.92. The van der Waals surface area contributed by atoms with E-state index in [1.807, 2.05) is 0 Å². The molecule has 0 radical (unpaired) electrons. The first kappa shape index (κ1) is 12.8. The molecule has 7 heteroatoms. The average molecular weight is 295 g/mol. The fraction of sp³-hybridized carbons (Fsp3) is 0.333. The zero-order chi connectivity index (χ0) is 12.3. The number of halogens is 3. The monoisotopic (exact) mass is 294 g/mol. The summed E-state index contributed by atoms with van der Waals surface area (Å²) in [5.74, 6) is -0.876. The number of hydrogen-bond acceptors (Lipinski definition) is 4. The van der Waals surface area contributed by atoms with E-state index >= 15 is 0 Å². The van der Waals surface area contributed by atoms with Crippen LogP contribution in [0.1, 0.15) is 29.3 Å². The molecule has 0 unspecified atom stereocenters. The first-order valence-electron chi connectivity index (χ1n) is 4.38. The fourth-order valence-electron chi connectivity index (χ4n) is 1.12. The van der Waals surface area contributed by atoms with E-state index in [0.29, 0.717) is 0 Å². The fourth-order valence-corrected chi connectivity index (χ4v) is 1.42. The molecule has 0 spiro atoms. The van der Waals surface area contributed by atoms with Gasteiger partial charge in [-0.15, -0.1) is 0 Å². The molecule has 0 aromatic carbocycles. The minimum absolute atomic E-state index is 0.0842. The number of nitrogens with zero attached hydrogens (tertiary/aromatic N) is 1. The lowest BCUT2D eigenvalue weighted by atomic mass is 10.1. The lowest BCUT2D eigenvalue weighted by Gasteiger charge is -2.11. The van der Waals surface area contributed by atoms with Crippen molar-refractivity contribution in [3.05, 3.63) is 21.9 Å². The van der Waals surface area contributed by atoms with Gasteiger partial charge in [-0.25, -0.2) is 18.6 Å². The van der Waals surface area contributed by atoms with Crippen LogP contribution in [-0.4, -0.2) is 17.6 Å². The topological polar surface area (TPSA) is 65.2 Å². The highest BCUT2D eigenvalue weighted by Crippen LogP contribution is 2.30. The van der Waals surface area contributed by atoms with Crippen LogP contribution < -0.4 is 5.73 Å². The molecular weight excluding hydrogens is 286 g/mol. The second-order valence-corrected chi connectivity index (χ2v) is 3.57. The molecule has 1 aromatic heterocycles. The number of ether oxygens (including phenoxy) is 1. The molecule has 0 atom stereocenters. The molecule has 0 bridgehead atoms. The van der Waals surface area contributed by atoms with Crippen molar-refractivity contribution in [2.75, 3.05) is 12.3 Å². The van der Waals surface area contributed by atoms with Gasteiger partial charge in [0.05, 0.1) is 23.4 Å². The molecule has 0 aliphatic rings. The molecule has 1 heterocycles. The number of nitrogens with two attached hydrogens (primary N) is 1. The van der Waals surface area contributed by atoms with Gasteiger partial charge in [-0.2, -0.15) is 0 Å². The first-order valence-corrected chi connectivity index (χ1v) is 5.17. The third-order valence-corrected chi connectivity index (χ3v) is 2.44. The van der Waals surface area contributed by atoms with Crippen molar-refractivity contribution < 1.29 is 18.3 Å². The molecule has 1 aromatic rings. The van der Waals surface area contributed by atoms with Gasteiger partial charge in [0.15, 0.2) is 0 Å². The molecule has 2 N–H and O–H groups in total. The highest BCUT2D eigenvalue weighted by molar-refractivity contribution is 9.10. The Morgan fingerprint density at radius 3 is 2.81 bits per heavy atom. The van der Waals surface area contributed by atoms with Gasteiger partial charge in [0.1, 0.15) is 4.60 Å². The Morgan fingerprint density at radius 2 is 2.31 bits per heavy atom. The van der Waals surface area contributed by atoms with Crippen LogP contribution >= 0.6 is 15.9 Å². The van der Waals surface area contributed by atoms with Crippen molar-refractivity contribution in [1.82, 2.24) is 4.98 Å². The van der Waals surface area contributed by atoms with E-state index in [2.05, 4.69) is 25.7 Å². The van der Waals surface area contributed by atoms with Crippen molar-refractivity contribution in [2.45, 2.75) is 13.3 Å². The van der Waals surface area contributed by atoms with Crippen molar-refractivity contribution >= 4 is 27.6 Å². The van der Waals surface area contributed by atoms with Crippen molar-refractivity contribution in [1.29, 1.82) is 0 Å². The Kier molecular flexibility index (Phi) is 4.17. The number of pyridine rings is 1. The van der Waals surface area contributed by atoms with E-state index in [1.165, 1.54) is 0 Å². The van der Waals surface area contributed by atoms with Gasteiger partial charge in [0, 0.05) is 6.20 Å². The molecule has 88 valence electrons. The lowest BCUT2D eigenvalue weighted by Crippen LogP contribution is -2.13. The second-order valence-electron chi connectivity index (χ2n) is 2.81. The number of rotatable bonds is 3. The van der Waals surface area contributed by atoms with Crippen LogP contribution in [0.15, 0.2) is 10.8 Å². The van der Waals surface area contributed by atoms with Crippen molar-refractivity contribution in [2.24, 2.45) is 0 Å². The molecule has 0 aliphatic carbocycles. The van der Waals surface area contributed by atoms with Crippen LogP contribution in [0.2, 0.25) is 0 Å². The third-order valence-electron chi connectivity index (χ3n) is 1.81. The number of carbonyl (C=O) groups excluding carboxylic acids is 1. The summed E-state index contributed by atoms with van der Waals surface area (Å²) in [5.41, 5.74) is 4.50. The highest BCUT2D eigenvalue weighted by Gasteiger charge is 2.24. The van der Waals surface area contributed by atoms with Crippen molar-refractivity contribution in [3.8, 4) is 0 Å². The molecule has 1 rings (SSSR count). The van der Waals surface area contributed by atoms with E-state index in [-0.39, 0.29) is 22.5 Å². The average Bonchev–Trinajstić information content (AvgIpc) is 2.21. The van der Waals surface area contributed by atoms with Crippen LogP contribution in [0, 0.1) is 0 Å². The van der Waals surface area contributed by atoms with Gasteiger partial charge in [0.2, 0.25) is 0 Å². The predicted octanol–water partition coefficient (Wildman–Crippen LogP) is 2.54. The summed E-state index contributed by atoms with van der Waals surface area (Å²) in [7, 11) is 0. The number of anilines is 1. The number of esters is 1. The van der Waals surface area contributed by atoms with Gasteiger partial charge in [0.25, 0.3) is 6.43 Å². The van der Waals surface area contributed by atoms with Gasteiger partial charge in [-0.1, -0.05) is 0 Å². The van der Waals surface area contributed by atoms with E-state index in [0.717, 1.165) is 6.20 Å². The van der Waals surface area contributed by atoms with Gasteiger partial charge in [-0.3, -0.25) is 0 Å². The smallest absolute Gasteiger partial charge is 0.340 e. The van der Waals surface area contributed by atoms with E-state index in [4.69, 9.17) is 5.73 Å². The van der Waals surface area contributed by atoms with E-state index < -0.39 is 18.0 Å². The third kappa shape index (κ3) is 2.46. The Balaban J connectivity index is 3.31. The Hall–Kier alpha value is -1.24. The molecule has 16 heavy (non-hydrogen) atoms. The van der Waals surface area contributed by atoms with Crippen LogP contribution in [-0.2, 0) is 4.74 Å². The number of aromatic nitrogens is 1. The lowest BCUT2D eigenvalue weighted by molar-refractivity contribution is 0.0516. The molecule has 0 amide bonds. The summed E-state index contributed by atoms with van der Waals surface area (Å²) in [6.07, 6.45) is -1.93. The first-order chi connectivity index (χ1) is 7.49. The van der Waals surface area contributed by atoms with Crippen LogP contribution in [0.3, 0.4) is 0 Å². The summed E-state index contributed by atoms with van der Waals surface area (Å²) in [6, 6.07) is 0. The molecule has 0 saturated carbocycles. The summed E-state index contributed by atoms with van der Waals surface area (Å²) in [5, 5.41) is 0. The summed E-state index contributed by atoms with van der Waals surface area (Å²) >= 11 is 2.96. The SMILES string of the molecule is CCOC(=O)c1c(C(F)F)cnc(Br)c1N. The number of alkyl halides is 2. The molecule has 0 saturated heterocycles. The molecular formula is C9H9BrF2N2O2. The number of hydrogen-bond donors (Lipinski definition) is 1. The summed E-state index contributed by atoms with van der Waals surface area (Å²) in [6.45, 7) is 1.66. The standard InChI is InChI=1S/C9H9BrF2N2O2/c1-2-16-9(15)5-4(8(11)12)3-14-7(10)6(5)13/h3,8H,2,13H2,1H3. The van der Waals surface area contributed by atoms with Crippen LogP contribution in [0.4, 0.5) is 14.5 Å². The predicted molar refractivity (Wildman–Crippen MR) is 57.3 cm³/mol. The number of nitrogen functional groups attached to an aromatic ring is 1. The van der Waals surface area contributed by atoms with Gasteiger partial charge >= 0.3 is 5.97 Å². The number of carbonyl (C=O) groups is 1. The second kappa shape index (κ2) is 5.20. The molecule has 0 fully saturated rings. The maximum Gasteiger partial charge on any atom is 0.340 e. The van der Waals surface area contributed by atoms with E-state index in [9.17, 15) is 13.6 Å². The highest BCUT2D eigenvalue weighted by atomic mass is 79.9. The van der Waals surface area contributed by atoms with Crippen molar-refractivity contribution in [3.63, 3.8) is 0 Å². The molecule has 0 aliphatic heterocycles. The maximum absolute atomic E-state index is 12.6. The Morgan fingerprint density at radius 1 is 1.69 bits per heavy atom. The van der Waals surface area contributed by atoms with E-state index in [1.54, 1.807) is 6.92 Å². The Bertz CT molecular complexity index is 413. The maximum atomic E-state index is 12.6.